The molecule has 1 aliphatic rings. The molecular formula is C12H22N4O5S2. The Morgan fingerprint density at radius 2 is 2.04 bits per heavy atom. The molecule has 132 valence electrons. The predicted octanol–water partition coefficient (Wildman–Crippen LogP) is -0.843. The highest BCUT2D eigenvalue weighted by molar-refractivity contribution is 7.89. The number of aryl methyl sites for hydroxylation is 1. The molecule has 0 amide bonds. The van der Waals surface area contributed by atoms with Crippen molar-refractivity contribution in [3.05, 3.63) is 12.0 Å². The van der Waals surface area contributed by atoms with Crippen LogP contribution in [0.3, 0.4) is 0 Å². The van der Waals surface area contributed by atoms with Gasteiger partial charge in [-0.2, -0.15) is 0 Å². The summed E-state index contributed by atoms with van der Waals surface area (Å²) in [5.41, 5.74) is 0. The molecule has 1 aliphatic heterocycles. The maximum absolute atomic E-state index is 12.4. The van der Waals surface area contributed by atoms with Crippen LogP contribution in [0.25, 0.3) is 0 Å². The molecule has 2 heterocycles. The highest BCUT2D eigenvalue weighted by Gasteiger charge is 2.36. The fourth-order valence-corrected chi connectivity index (χ4v) is 4.63. The van der Waals surface area contributed by atoms with Crippen LogP contribution in [-0.4, -0.2) is 70.2 Å². The Balaban J connectivity index is 2.11. The molecule has 0 radical (unpaired) electrons. The van der Waals surface area contributed by atoms with Gasteiger partial charge < -0.3 is 9.72 Å². The first-order valence-corrected chi connectivity index (χ1v) is 10.3. The SMILES string of the molecule is CCc1ncc(S(=O)(=O)N[C@@H]2COC[C@H]2CS(=O)(=O)N(C)C)[nH]1. The molecule has 0 unspecified atom stereocenters. The summed E-state index contributed by atoms with van der Waals surface area (Å²) in [5.74, 6) is -0.0401. The molecule has 1 aromatic rings. The molecule has 0 spiro atoms. The minimum atomic E-state index is -3.80. The van der Waals surface area contributed by atoms with Gasteiger partial charge >= 0.3 is 0 Å². The van der Waals surface area contributed by atoms with Gasteiger partial charge in [-0.05, 0) is 0 Å². The van der Waals surface area contributed by atoms with E-state index in [-0.39, 0.29) is 24.0 Å². The summed E-state index contributed by atoms with van der Waals surface area (Å²) in [7, 11) is -4.34. The molecule has 0 aromatic carbocycles. The van der Waals surface area contributed by atoms with Crippen molar-refractivity contribution in [2.24, 2.45) is 5.92 Å². The van der Waals surface area contributed by atoms with Crippen molar-refractivity contribution in [2.75, 3.05) is 33.1 Å². The van der Waals surface area contributed by atoms with Gasteiger partial charge in [0.05, 0.1) is 31.2 Å². The minimum Gasteiger partial charge on any atom is -0.379 e. The van der Waals surface area contributed by atoms with Crippen molar-refractivity contribution in [2.45, 2.75) is 24.4 Å². The first-order valence-electron chi connectivity index (χ1n) is 7.20. The Hall–Kier alpha value is -1.01. The Kier molecular flexibility index (Phi) is 5.46. The van der Waals surface area contributed by atoms with Crippen LogP contribution >= 0.6 is 0 Å². The van der Waals surface area contributed by atoms with Gasteiger partial charge in [-0.25, -0.2) is 30.8 Å². The van der Waals surface area contributed by atoms with Crippen LogP contribution in [0, 0.1) is 5.92 Å². The summed E-state index contributed by atoms with van der Waals surface area (Å²) in [4.78, 5) is 6.70. The van der Waals surface area contributed by atoms with E-state index in [1.165, 1.54) is 20.3 Å². The maximum Gasteiger partial charge on any atom is 0.257 e. The highest BCUT2D eigenvalue weighted by atomic mass is 32.2. The summed E-state index contributed by atoms with van der Waals surface area (Å²) in [6.45, 7) is 2.20. The Morgan fingerprint density at radius 3 is 2.61 bits per heavy atom. The Labute approximate surface area is 136 Å². The van der Waals surface area contributed by atoms with Crippen LogP contribution in [0.5, 0.6) is 0 Å². The standard InChI is InChI=1S/C12H22N4O5S2/c1-4-11-13-5-12(14-11)23(19,20)15-10-7-21-6-9(10)8-22(17,18)16(2)3/h5,9-10,15H,4,6-8H2,1-3H3,(H,13,14)/t9-,10+/m0/s1. The number of nitrogens with one attached hydrogen (secondary N) is 2. The highest BCUT2D eigenvalue weighted by Crippen LogP contribution is 2.19. The average molecular weight is 366 g/mol. The van der Waals surface area contributed by atoms with Gasteiger partial charge in [-0.3, -0.25) is 0 Å². The van der Waals surface area contributed by atoms with Crippen molar-refractivity contribution >= 4 is 20.0 Å². The number of hydrogen-bond donors (Lipinski definition) is 2. The third kappa shape index (κ3) is 4.29. The van der Waals surface area contributed by atoms with Crippen molar-refractivity contribution in [3.8, 4) is 0 Å². The van der Waals surface area contributed by atoms with E-state index in [1.807, 2.05) is 6.92 Å². The van der Waals surface area contributed by atoms with Crippen molar-refractivity contribution in [3.63, 3.8) is 0 Å². The molecule has 0 saturated carbocycles. The number of imidazole rings is 1. The van der Waals surface area contributed by atoms with Crippen LogP contribution in [0.4, 0.5) is 0 Å². The Bertz CT molecular complexity index is 741. The van der Waals surface area contributed by atoms with Gasteiger partial charge in [0, 0.05) is 26.4 Å². The third-order valence-electron chi connectivity index (χ3n) is 3.72. The first-order chi connectivity index (χ1) is 10.7. The lowest BCUT2D eigenvalue weighted by molar-refractivity contribution is 0.185. The van der Waals surface area contributed by atoms with Gasteiger partial charge in [0.25, 0.3) is 10.0 Å². The number of sulfonamides is 2. The maximum atomic E-state index is 12.4. The zero-order valence-electron chi connectivity index (χ0n) is 13.3. The number of nitrogens with zero attached hydrogens (tertiary/aromatic N) is 2. The van der Waals surface area contributed by atoms with Crippen molar-refractivity contribution in [1.29, 1.82) is 0 Å². The summed E-state index contributed by atoms with van der Waals surface area (Å²) in [6, 6.07) is -0.594. The van der Waals surface area contributed by atoms with Gasteiger partial charge in [0.2, 0.25) is 10.0 Å². The topological polar surface area (TPSA) is 121 Å². The number of H-pyrrole nitrogens is 1. The van der Waals surface area contributed by atoms with E-state index in [0.29, 0.717) is 12.2 Å². The minimum absolute atomic E-state index is 0.0320. The van der Waals surface area contributed by atoms with E-state index in [4.69, 9.17) is 4.74 Å². The van der Waals surface area contributed by atoms with Gasteiger partial charge in [0.15, 0.2) is 5.03 Å². The number of rotatable bonds is 7. The molecule has 2 N–H and O–H groups in total. The second kappa shape index (κ2) is 6.85. The number of ether oxygens (including phenoxy) is 1. The first kappa shape index (κ1) is 18.3. The molecule has 1 fully saturated rings. The number of aromatic nitrogens is 2. The van der Waals surface area contributed by atoms with Crippen LogP contribution < -0.4 is 4.72 Å². The molecule has 9 nitrogen and oxygen atoms in total. The molecule has 0 bridgehead atoms. The fraction of sp³-hybridized carbons (Fsp3) is 0.750. The summed E-state index contributed by atoms with van der Waals surface area (Å²) < 4.78 is 57.6. The van der Waals surface area contributed by atoms with Crippen molar-refractivity contribution in [1.82, 2.24) is 19.0 Å². The van der Waals surface area contributed by atoms with Crippen LogP contribution in [0.1, 0.15) is 12.7 Å². The van der Waals surface area contributed by atoms with Gasteiger partial charge in [-0.1, -0.05) is 6.92 Å². The monoisotopic (exact) mass is 366 g/mol. The Morgan fingerprint density at radius 1 is 1.35 bits per heavy atom. The zero-order valence-corrected chi connectivity index (χ0v) is 14.9. The fourth-order valence-electron chi connectivity index (χ4n) is 2.24. The number of aromatic amines is 1. The molecule has 11 heteroatoms. The zero-order chi connectivity index (χ0) is 17.3. The van der Waals surface area contributed by atoms with Gasteiger partial charge in [0.1, 0.15) is 5.82 Å². The molecule has 23 heavy (non-hydrogen) atoms. The van der Waals surface area contributed by atoms with E-state index in [1.54, 1.807) is 0 Å². The lowest BCUT2D eigenvalue weighted by Gasteiger charge is -2.20. The van der Waals surface area contributed by atoms with Crippen LogP contribution in [0.2, 0.25) is 0 Å². The van der Waals surface area contributed by atoms with Crippen molar-refractivity contribution < 1.29 is 21.6 Å². The predicted molar refractivity (Wildman–Crippen MR) is 83.9 cm³/mol. The summed E-state index contributed by atoms with van der Waals surface area (Å²) in [6.07, 6.45) is 1.84. The normalized spacial score (nSPS) is 22.8. The van der Waals surface area contributed by atoms with E-state index in [2.05, 4.69) is 14.7 Å². The smallest absolute Gasteiger partial charge is 0.257 e. The quantitative estimate of drug-likeness (QED) is 0.649. The van der Waals surface area contributed by atoms with Crippen LogP contribution in [0.15, 0.2) is 11.2 Å². The average Bonchev–Trinajstić information content (AvgIpc) is 3.08. The third-order valence-corrected chi connectivity index (χ3v) is 7.08. The molecule has 2 rings (SSSR count). The largest absolute Gasteiger partial charge is 0.379 e. The van der Waals surface area contributed by atoms with E-state index in [9.17, 15) is 16.8 Å². The molecule has 0 aliphatic carbocycles. The lowest BCUT2D eigenvalue weighted by atomic mass is 10.1. The molecule has 1 saturated heterocycles. The van der Waals surface area contributed by atoms with Crippen LogP contribution in [-0.2, 0) is 31.2 Å². The molecule has 2 atom stereocenters. The summed E-state index contributed by atoms with van der Waals surface area (Å²) in [5, 5.41) is -0.0320. The van der Waals surface area contributed by atoms with E-state index >= 15 is 0 Å². The summed E-state index contributed by atoms with van der Waals surface area (Å²) >= 11 is 0. The second-order valence-electron chi connectivity index (χ2n) is 5.63. The van der Waals surface area contributed by atoms with E-state index in [0.717, 1.165) is 4.31 Å². The van der Waals surface area contributed by atoms with Gasteiger partial charge in [-0.15, -0.1) is 0 Å². The lowest BCUT2D eigenvalue weighted by Crippen LogP contribution is -2.43. The van der Waals surface area contributed by atoms with E-state index < -0.39 is 32.0 Å². The molecule has 1 aromatic heterocycles. The second-order valence-corrected chi connectivity index (χ2v) is 9.54. The number of hydrogen-bond acceptors (Lipinski definition) is 6. The molecular weight excluding hydrogens is 344 g/mol.